The summed E-state index contributed by atoms with van der Waals surface area (Å²) in [6.07, 6.45) is 9.80. The number of allylic oxidation sites excluding steroid dienone is 2. The Morgan fingerprint density at radius 3 is 3.07 bits per heavy atom. The van der Waals surface area contributed by atoms with Gasteiger partial charge in [0.15, 0.2) is 0 Å². The maximum atomic E-state index is 10.8. The number of rotatable bonds is 3. The van der Waals surface area contributed by atoms with Crippen molar-refractivity contribution in [1.82, 2.24) is 0 Å². The molecule has 15 heavy (non-hydrogen) atoms. The molecular formula is C13H17O2. The second-order valence-corrected chi connectivity index (χ2v) is 3.53. The maximum Gasteiger partial charge on any atom is 0.306 e. The predicted octanol–water partition coefficient (Wildman–Crippen LogP) is 2.65. The molecule has 0 spiro atoms. The zero-order valence-corrected chi connectivity index (χ0v) is 9.21. The standard InChI is InChI=1S/C13H17O2/c1-15-13(14)11-7-3-6-10-12-8-4-2-5-9-12/h2,8H,4-5,7,9-11H2,1H3. The number of ether oxygens (including phenoxy) is 1. The van der Waals surface area contributed by atoms with E-state index in [1.54, 1.807) is 0 Å². The Bertz CT molecular complexity index is 291. The lowest BCUT2D eigenvalue weighted by atomic mass is 9.97. The van der Waals surface area contributed by atoms with Crippen LogP contribution >= 0.6 is 0 Å². The molecule has 1 rings (SSSR count). The Labute approximate surface area is 91.7 Å². The molecule has 1 radical (unpaired) electrons. The summed E-state index contributed by atoms with van der Waals surface area (Å²) in [6, 6.07) is 0. The zero-order valence-electron chi connectivity index (χ0n) is 9.21. The van der Waals surface area contributed by atoms with E-state index in [0.29, 0.717) is 12.8 Å². The second kappa shape index (κ2) is 7.11. The molecular weight excluding hydrogens is 188 g/mol. The van der Waals surface area contributed by atoms with Gasteiger partial charge in [0.25, 0.3) is 0 Å². The van der Waals surface area contributed by atoms with Crippen molar-refractivity contribution < 1.29 is 9.53 Å². The van der Waals surface area contributed by atoms with Gasteiger partial charge in [-0.1, -0.05) is 17.6 Å². The summed E-state index contributed by atoms with van der Waals surface area (Å²) in [7, 11) is 1.40. The van der Waals surface area contributed by atoms with Gasteiger partial charge in [-0.25, -0.2) is 0 Å². The van der Waals surface area contributed by atoms with Gasteiger partial charge in [0, 0.05) is 12.8 Å². The summed E-state index contributed by atoms with van der Waals surface area (Å²) in [6.45, 7) is 0. The molecule has 2 heteroatoms. The molecule has 1 aliphatic carbocycles. The van der Waals surface area contributed by atoms with Gasteiger partial charge in [0.1, 0.15) is 0 Å². The molecule has 0 heterocycles. The SMILES string of the molecule is COC(=O)CCC#CCC1=CC[CH]CC1. The predicted molar refractivity (Wildman–Crippen MR) is 59.9 cm³/mol. The minimum Gasteiger partial charge on any atom is -0.469 e. The number of methoxy groups -OCH3 is 1. The van der Waals surface area contributed by atoms with E-state index in [1.807, 2.05) is 0 Å². The Morgan fingerprint density at radius 2 is 2.40 bits per heavy atom. The molecule has 0 aromatic carbocycles. The summed E-state index contributed by atoms with van der Waals surface area (Å²) in [5.74, 6) is 5.91. The van der Waals surface area contributed by atoms with E-state index in [0.717, 1.165) is 19.3 Å². The molecule has 81 valence electrons. The Balaban J connectivity index is 2.16. The minimum absolute atomic E-state index is 0.184. The van der Waals surface area contributed by atoms with E-state index in [4.69, 9.17) is 0 Å². The molecule has 0 fully saturated rings. The highest BCUT2D eigenvalue weighted by molar-refractivity contribution is 5.69. The highest BCUT2D eigenvalue weighted by Gasteiger charge is 2.01. The molecule has 0 N–H and O–H groups in total. The van der Waals surface area contributed by atoms with E-state index in [2.05, 4.69) is 29.1 Å². The molecule has 0 bridgehead atoms. The van der Waals surface area contributed by atoms with Gasteiger partial charge in [-0.05, 0) is 25.7 Å². The van der Waals surface area contributed by atoms with Crippen LogP contribution in [0.4, 0.5) is 0 Å². The first-order chi connectivity index (χ1) is 7.33. The van der Waals surface area contributed by atoms with Crippen LogP contribution in [0.25, 0.3) is 0 Å². The first-order valence-electron chi connectivity index (χ1n) is 5.35. The van der Waals surface area contributed by atoms with Crippen molar-refractivity contribution in [3.8, 4) is 11.8 Å². The molecule has 1 aliphatic rings. The van der Waals surface area contributed by atoms with Crippen molar-refractivity contribution in [2.75, 3.05) is 7.11 Å². The van der Waals surface area contributed by atoms with E-state index >= 15 is 0 Å². The van der Waals surface area contributed by atoms with E-state index in [1.165, 1.54) is 19.1 Å². The summed E-state index contributed by atoms with van der Waals surface area (Å²) in [5.41, 5.74) is 1.43. The highest BCUT2D eigenvalue weighted by Crippen LogP contribution is 2.18. The molecule has 0 amide bonds. The van der Waals surface area contributed by atoms with Crippen molar-refractivity contribution in [2.45, 2.75) is 38.5 Å². The molecule has 0 aromatic rings. The number of esters is 1. The van der Waals surface area contributed by atoms with Crippen molar-refractivity contribution >= 4 is 5.97 Å². The van der Waals surface area contributed by atoms with Gasteiger partial charge in [-0.3, -0.25) is 4.79 Å². The lowest BCUT2D eigenvalue weighted by Crippen LogP contribution is -1.98. The number of carbonyl (C=O) groups is 1. The Morgan fingerprint density at radius 1 is 1.53 bits per heavy atom. The number of hydrogen-bond acceptors (Lipinski definition) is 2. The lowest BCUT2D eigenvalue weighted by Gasteiger charge is -2.08. The third-order valence-corrected chi connectivity index (χ3v) is 2.37. The lowest BCUT2D eigenvalue weighted by molar-refractivity contribution is -0.140. The Kier molecular flexibility index (Phi) is 5.62. The van der Waals surface area contributed by atoms with Gasteiger partial charge in [0.05, 0.1) is 13.5 Å². The first kappa shape index (κ1) is 11.8. The van der Waals surface area contributed by atoms with Crippen LogP contribution < -0.4 is 0 Å². The fraction of sp³-hybridized carbons (Fsp3) is 0.538. The van der Waals surface area contributed by atoms with Crippen LogP contribution in [0.3, 0.4) is 0 Å². The fourth-order valence-corrected chi connectivity index (χ4v) is 1.45. The average molecular weight is 205 g/mol. The fourth-order valence-electron chi connectivity index (χ4n) is 1.45. The van der Waals surface area contributed by atoms with E-state index in [9.17, 15) is 4.79 Å². The zero-order chi connectivity index (χ0) is 10.9. The molecule has 2 nitrogen and oxygen atoms in total. The summed E-state index contributed by atoms with van der Waals surface area (Å²) in [5, 5.41) is 0. The monoisotopic (exact) mass is 205 g/mol. The van der Waals surface area contributed by atoms with Gasteiger partial charge in [-0.15, -0.1) is 5.92 Å². The number of carbonyl (C=O) groups excluding carboxylic acids is 1. The summed E-state index contributed by atoms with van der Waals surface area (Å²) in [4.78, 5) is 10.8. The molecule has 0 saturated heterocycles. The summed E-state index contributed by atoms with van der Waals surface area (Å²) >= 11 is 0. The van der Waals surface area contributed by atoms with Crippen molar-refractivity contribution in [3.63, 3.8) is 0 Å². The number of hydrogen-bond donors (Lipinski definition) is 0. The summed E-state index contributed by atoms with van der Waals surface area (Å²) < 4.78 is 4.52. The quantitative estimate of drug-likeness (QED) is 0.402. The van der Waals surface area contributed by atoms with Gasteiger partial charge in [-0.2, -0.15) is 0 Å². The molecule has 0 aromatic heterocycles. The van der Waals surface area contributed by atoms with Crippen LogP contribution in [-0.4, -0.2) is 13.1 Å². The molecule has 0 unspecified atom stereocenters. The van der Waals surface area contributed by atoms with E-state index < -0.39 is 0 Å². The third kappa shape index (κ3) is 5.27. The average Bonchev–Trinajstić information content (AvgIpc) is 2.29. The van der Waals surface area contributed by atoms with Crippen LogP contribution in [0.1, 0.15) is 38.5 Å². The van der Waals surface area contributed by atoms with Gasteiger partial charge >= 0.3 is 5.97 Å². The van der Waals surface area contributed by atoms with Crippen LogP contribution in [0.5, 0.6) is 0 Å². The van der Waals surface area contributed by atoms with Crippen LogP contribution in [0, 0.1) is 18.3 Å². The second-order valence-electron chi connectivity index (χ2n) is 3.53. The smallest absolute Gasteiger partial charge is 0.306 e. The third-order valence-electron chi connectivity index (χ3n) is 2.37. The highest BCUT2D eigenvalue weighted by atomic mass is 16.5. The normalized spacial score (nSPS) is 14.9. The molecule has 0 atom stereocenters. The van der Waals surface area contributed by atoms with Crippen LogP contribution in [0.15, 0.2) is 11.6 Å². The first-order valence-corrected chi connectivity index (χ1v) is 5.35. The Hall–Kier alpha value is -1.23. The van der Waals surface area contributed by atoms with Gasteiger partial charge in [0.2, 0.25) is 0 Å². The molecule has 0 aliphatic heterocycles. The molecule has 0 saturated carbocycles. The van der Waals surface area contributed by atoms with Crippen molar-refractivity contribution in [1.29, 1.82) is 0 Å². The van der Waals surface area contributed by atoms with Gasteiger partial charge < -0.3 is 4.74 Å². The van der Waals surface area contributed by atoms with Crippen LogP contribution in [-0.2, 0) is 9.53 Å². The maximum absolute atomic E-state index is 10.8. The minimum atomic E-state index is -0.184. The van der Waals surface area contributed by atoms with Crippen molar-refractivity contribution in [3.05, 3.63) is 18.1 Å². The topological polar surface area (TPSA) is 26.3 Å². The largest absolute Gasteiger partial charge is 0.469 e. The van der Waals surface area contributed by atoms with Crippen LogP contribution in [0.2, 0.25) is 0 Å². The van der Waals surface area contributed by atoms with E-state index in [-0.39, 0.29) is 5.97 Å². The van der Waals surface area contributed by atoms with Crippen molar-refractivity contribution in [2.24, 2.45) is 0 Å².